The van der Waals surface area contributed by atoms with Gasteiger partial charge in [-0.05, 0) is 37.0 Å². The highest BCUT2D eigenvalue weighted by Crippen LogP contribution is 2.22. The molecule has 0 aromatic heterocycles. The molecule has 0 heterocycles. The summed E-state index contributed by atoms with van der Waals surface area (Å²) >= 11 is 0. The topological polar surface area (TPSA) is 65.3 Å². The van der Waals surface area contributed by atoms with Gasteiger partial charge in [0.2, 0.25) is 0 Å². The fraction of sp³-hybridized carbons (Fsp3) is 0.533. The maximum Gasteiger partial charge on any atom is 0.0991 e. The molecule has 3 atom stereocenters. The van der Waals surface area contributed by atoms with Crippen LogP contribution >= 0.6 is 0 Å². The third-order valence-corrected chi connectivity index (χ3v) is 3.75. The van der Waals surface area contributed by atoms with Crippen LogP contribution in [0.1, 0.15) is 36.5 Å². The minimum Gasteiger partial charge on any atom is -0.387 e. The molecule has 1 aliphatic rings. The zero-order chi connectivity index (χ0) is 13.7. The third-order valence-electron chi connectivity index (χ3n) is 3.75. The SMILES string of the molecule is COC1CCCC1NCC(O)c1ccc(C#N)cc1. The summed E-state index contributed by atoms with van der Waals surface area (Å²) in [4.78, 5) is 0. The molecule has 1 fully saturated rings. The second-order valence-electron chi connectivity index (χ2n) is 4.97. The summed E-state index contributed by atoms with van der Waals surface area (Å²) in [6, 6.07) is 9.46. The average Bonchev–Trinajstić information content (AvgIpc) is 2.92. The first-order valence-corrected chi connectivity index (χ1v) is 6.69. The molecule has 0 aliphatic heterocycles. The van der Waals surface area contributed by atoms with Gasteiger partial charge in [-0.1, -0.05) is 12.1 Å². The lowest BCUT2D eigenvalue weighted by atomic mass is 10.1. The van der Waals surface area contributed by atoms with Gasteiger partial charge >= 0.3 is 0 Å². The molecule has 0 saturated heterocycles. The normalized spacial score (nSPS) is 24.1. The van der Waals surface area contributed by atoms with Crippen LogP contribution in [0.2, 0.25) is 0 Å². The third kappa shape index (κ3) is 3.54. The van der Waals surface area contributed by atoms with Gasteiger partial charge in [0.25, 0.3) is 0 Å². The molecule has 3 unspecified atom stereocenters. The van der Waals surface area contributed by atoms with E-state index in [0.29, 0.717) is 18.2 Å². The van der Waals surface area contributed by atoms with Crippen molar-refractivity contribution in [1.82, 2.24) is 5.32 Å². The van der Waals surface area contributed by atoms with Gasteiger partial charge < -0.3 is 15.2 Å². The summed E-state index contributed by atoms with van der Waals surface area (Å²) in [5, 5.41) is 22.2. The summed E-state index contributed by atoms with van der Waals surface area (Å²) < 4.78 is 5.41. The number of nitriles is 1. The molecule has 102 valence electrons. The minimum atomic E-state index is -0.550. The van der Waals surface area contributed by atoms with Gasteiger partial charge in [-0.25, -0.2) is 0 Å². The van der Waals surface area contributed by atoms with E-state index in [-0.39, 0.29) is 6.10 Å². The summed E-state index contributed by atoms with van der Waals surface area (Å²) in [5.41, 5.74) is 1.44. The van der Waals surface area contributed by atoms with Crippen LogP contribution in [0.3, 0.4) is 0 Å². The van der Waals surface area contributed by atoms with Crippen LogP contribution in [0.5, 0.6) is 0 Å². The molecule has 4 nitrogen and oxygen atoms in total. The van der Waals surface area contributed by atoms with Crippen LogP contribution in [0.4, 0.5) is 0 Å². The van der Waals surface area contributed by atoms with E-state index in [1.165, 1.54) is 6.42 Å². The first-order chi connectivity index (χ1) is 9.24. The lowest BCUT2D eigenvalue weighted by molar-refractivity contribution is 0.0780. The molecular weight excluding hydrogens is 240 g/mol. The summed E-state index contributed by atoms with van der Waals surface area (Å²) in [6.45, 7) is 0.510. The van der Waals surface area contributed by atoms with E-state index >= 15 is 0 Å². The number of aliphatic hydroxyl groups excluding tert-OH is 1. The molecule has 1 aromatic carbocycles. The van der Waals surface area contributed by atoms with E-state index < -0.39 is 6.10 Å². The number of hydrogen-bond donors (Lipinski definition) is 2. The predicted octanol–water partition coefficient (Wildman–Crippen LogP) is 1.75. The van der Waals surface area contributed by atoms with Crippen molar-refractivity contribution in [3.8, 4) is 6.07 Å². The van der Waals surface area contributed by atoms with E-state index in [0.717, 1.165) is 18.4 Å². The van der Waals surface area contributed by atoms with Crippen LogP contribution in [-0.2, 0) is 4.74 Å². The molecule has 1 saturated carbocycles. The maximum atomic E-state index is 10.1. The average molecular weight is 260 g/mol. The highest BCUT2D eigenvalue weighted by atomic mass is 16.5. The van der Waals surface area contributed by atoms with Gasteiger partial charge in [0.1, 0.15) is 0 Å². The second kappa shape index (κ2) is 6.67. The van der Waals surface area contributed by atoms with Crippen molar-refractivity contribution in [2.45, 2.75) is 37.5 Å². The van der Waals surface area contributed by atoms with Crippen molar-refractivity contribution in [2.75, 3.05) is 13.7 Å². The highest BCUT2D eigenvalue weighted by Gasteiger charge is 2.27. The van der Waals surface area contributed by atoms with Gasteiger partial charge in [0, 0.05) is 19.7 Å². The van der Waals surface area contributed by atoms with Crippen molar-refractivity contribution in [2.24, 2.45) is 0 Å². The van der Waals surface area contributed by atoms with Crippen LogP contribution in [0.15, 0.2) is 24.3 Å². The highest BCUT2D eigenvalue weighted by molar-refractivity contribution is 5.32. The summed E-state index contributed by atoms with van der Waals surface area (Å²) in [7, 11) is 1.74. The molecule has 0 spiro atoms. The number of methoxy groups -OCH3 is 1. The number of aliphatic hydroxyl groups is 1. The number of hydrogen-bond acceptors (Lipinski definition) is 4. The van der Waals surface area contributed by atoms with E-state index in [9.17, 15) is 5.11 Å². The zero-order valence-electron chi connectivity index (χ0n) is 11.2. The number of benzene rings is 1. The Morgan fingerprint density at radius 2 is 2.16 bits per heavy atom. The van der Waals surface area contributed by atoms with Gasteiger partial charge in [-0.3, -0.25) is 0 Å². The van der Waals surface area contributed by atoms with Crippen molar-refractivity contribution in [3.05, 3.63) is 35.4 Å². The van der Waals surface area contributed by atoms with Gasteiger partial charge in [0.15, 0.2) is 0 Å². The number of nitrogens with zero attached hydrogens (tertiary/aromatic N) is 1. The molecule has 1 aliphatic carbocycles. The molecule has 0 amide bonds. The predicted molar refractivity (Wildman–Crippen MR) is 72.6 cm³/mol. The molecular formula is C15H20N2O2. The van der Waals surface area contributed by atoms with Crippen LogP contribution in [0, 0.1) is 11.3 Å². The molecule has 2 N–H and O–H groups in total. The quantitative estimate of drug-likeness (QED) is 0.846. The fourth-order valence-electron chi connectivity index (χ4n) is 2.60. The number of nitrogens with one attached hydrogen (secondary N) is 1. The Bertz CT molecular complexity index is 438. The standard InChI is InChI=1S/C15H20N2O2/c1-19-15-4-2-3-13(15)17-10-14(18)12-7-5-11(9-16)6-8-12/h5-8,13-15,17-18H,2-4,10H2,1H3. The molecule has 0 bridgehead atoms. The number of ether oxygens (including phenoxy) is 1. The van der Waals surface area contributed by atoms with Crippen molar-refractivity contribution in [1.29, 1.82) is 5.26 Å². The molecule has 2 rings (SSSR count). The molecule has 0 radical (unpaired) electrons. The zero-order valence-corrected chi connectivity index (χ0v) is 11.2. The lowest BCUT2D eigenvalue weighted by Crippen LogP contribution is -2.39. The van der Waals surface area contributed by atoms with Crippen molar-refractivity contribution >= 4 is 0 Å². The Balaban J connectivity index is 1.86. The van der Waals surface area contributed by atoms with Gasteiger partial charge in [-0.15, -0.1) is 0 Å². The first-order valence-electron chi connectivity index (χ1n) is 6.69. The molecule has 4 heteroatoms. The maximum absolute atomic E-state index is 10.1. The van der Waals surface area contributed by atoms with Crippen molar-refractivity contribution < 1.29 is 9.84 Å². The van der Waals surface area contributed by atoms with Crippen LogP contribution in [-0.4, -0.2) is 30.9 Å². The summed E-state index contributed by atoms with van der Waals surface area (Å²) in [6.07, 6.45) is 3.06. The molecule has 1 aromatic rings. The Morgan fingerprint density at radius 3 is 2.79 bits per heavy atom. The fourth-order valence-corrected chi connectivity index (χ4v) is 2.60. The first kappa shape index (κ1) is 14.0. The van der Waals surface area contributed by atoms with Crippen LogP contribution < -0.4 is 5.32 Å². The lowest BCUT2D eigenvalue weighted by Gasteiger charge is -2.21. The Morgan fingerprint density at radius 1 is 1.42 bits per heavy atom. The van der Waals surface area contributed by atoms with E-state index in [2.05, 4.69) is 11.4 Å². The Kier molecular flexibility index (Phi) is 4.92. The van der Waals surface area contributed by atoms with Crippen LogP contribution in [0.25, 0.3) is 0 Å². The Hall–Kier alpha value is -1.41. The largest absolute Gasteiger partial charge is 0.387 e. The van der Waals surface area contributed by atoms with E-state index in [1.54, 1.807) is 31.4 Å². The second-order valence-corrected chi connectivity index (χ2v) is 4.97. The van der Waals surface area contributed by atoms with E-state index in [1.807, 2.05) is 0 Å². The Labute approximate surface area is 114 Å². The monoisotopic (exact) mass is 260 g/mol. The van der Waals surface area contributed by atoms with Gasteiger partial charge in [-0.2, -0.15) is 5.26 Å². The van der Waals surface area contributed by atoms with Gasteiger partial charge in [0.05, 0.1) is 23.8 Å². The summed E-state index contributed by atoms with van der Waals surface area (Å²) in [5.74, 6) is 0. The smallest absolute Gasteiger partial charge is 0.0991 e. The number of rotatable bonds is 5. The van der Waals surface area contributed by atoms with Crippen molar-refractivity contribution in [3.63, 3.8) is 0 Å². The van der Waals surface area contributed by atoms with E-state index in [4.69, 9.17) is 10.00 Å². The minimum absolute atomic E-state index is 0.258. The molecule has 19 heavy (non-hydrogen) atoms.